The summed E-state index contributed by atoms with van der Waals surface area (Å²) in [6, 6.07) is 9.41. The van der Waals surface area contributed by atoms with Crippen LogP contribution < -0.4 is 4.74 Å². The molecule has 0 heterocycles. The third-order valence-electron chi connectivity index (χ3n) is 1.48. The van der Waals surface area contributed by atoms with Gasteiger partial charge in [0.2, 0.25) is 8.46 Å². The Morgan fingerprint density at radius 3 is 2.58 bits per heavy atom. The largest absolute Gasteiger partial charge is 0.478 e. The predicted octanol–water partition coefficient (Wildman–Crippen LogP) is 3.09. The van der Waals surface area contributed by atoms with Gasteiger partial charge in [0.05, 0.1) is 0 Å². The Morgan fingerprint density at radius 2 is 2.08 bits per heavy atom. The Labute approximate surface area is 73.8 Å². The van der Waals surface area contributed by atoms with Gasteiger partial charge in [0.15, 0.2) is 5.85 Å². The van der Waals surface area contributed by atoms with Gasteiger partial charge < -0.3 is 4.74 Å². The Kier molecular flexibility index (Phi) is 3.75. The van der Waals surface area contributed by atoms with Gasteiger partial charge in [-0.15, -0.1) is 0 Å². The molecule has 0 spiro atoms. The monoisotopic (exact) mass is 182 g/mol. The highest BCUT2D eigenvalue weighted by molar-refractivity contribution is 7.24. The summed E-state index contributed by atoms with van der Waals surface area (Å²) in [5.74, 6) is 0.556. The molecular formula is C9H11O2P. The Balaban J connectivity index is 2.56. The minimum atomic E-state index is -0.215. The van der Waals surface area contributed by atoms with Gasteiger partial charge in [-0.25, -0.2) is 0 Å². The average molecular weight is 182 g/mol. The van der Waals surface area contributed by atoms with Crippen molar-refractivity contribution < 1.29 is 9.30 Å². The van der Waals surface area contributed by atoms with E-state index >= 15 is 0 Å². The number of para-hydroxylation sites is 1. The minimum Gasteiger partial charge on any atom is -0.478 e. The zero-order valence-electron chi connectivity index (χ0n) is 6.93. The van der Waals surface area contributed by atoms with E-state index in [0.29, 0.717) is 0 Å². The average Bonchev–Trinajstić information content (AvgIpc) is 2.16. The summed E-state index contributed by atoms with van der Waals surface area (Å²) in [5, 5.41) is 0. The fourth-order valence-corrected chi connectivity index (χ4v) is 1.15. The lowest BCUT2D eigenvalue weighted by Crippen LogP contribution is -2.06. The summed E-state index contributed by atoms with van der Waals surface area (Å²) in [4.78, 5) is 0. The van der Waals surface area contributed by atoms with E-state index < -0.39 is 0 Å². The molecule has 0 aliphatic heterocycles. The molecule has 2 nitrogen and oxygen atoms in total. The third kappa shape index (κ3) is 2.63. The normalized spacial score (nSPS) is 12.8. The van der Waals surface area contributed by atoms with Crippen molar-refractivity contribution in [3.63, 3.8) is 0 Å². The molecule has 0 aliphatic rings. The van der Waals surface area contributed by atoms with E-state index in [1.54, 1.807) is 0 Å². The molecule has 0 saturated heterocycles. The van der Waals surface area contributed by atoms with Gasteiger partial charge >= 0.3 is 0 Å². The molecule has 1 atom stereocenters. The molecule has 0 saturated carbocycles. The second-order valence-corrected chi connectivity index (χ2v) is 3.19. The molecule has 1 aromatic carbocycles. The lowest BCUT2D eigenvalue weighted by molar-refractivity contribution is 0.276. The lowest BCUT2D eigenvalue weighted by Gasteiger charge is -2.09. The van der Waals surface area contributed by atoms with Crippen molar-refractivity contribution in [2.24, 2.45) is 0 Å². The van der Waals surface area contributed by atoms with E-state index in [0.717, 1.165) is 12.2 Å². The summed E-state index contributed by atoms with van der Waals surface area (Å²) in [7, 11) is 0.0474. The van der Waals surface area contributed by atoms with E-state index in [-0.39, 0.29) is 14.3 Å². The van der Waals surface area contributed by atoms with Gasteiger partial charge in [0.1, 0.15) is 5.75 Å². The summed E-state index contributed by atoms with van der Waals surface area (Å²) >= 11 is 0. The van der Waals surface area contributed by atoms with Crippen LogP contribution >= 0.6 is 8.46 Å². The Hall–Kier alpha value is -0.880. The summed E-state index contributed by atoms with van der Waals surface area (Å²) in [6.45, 7) is 1.94. The van der Waals surface area contributed by atoms with Crippen molar-refractivity contribution in [3.8, 4) is 5.75 Å². The first-order chi connectivity index (χ1) is 5.86. The van der Waals surface area contributed by atoms with Crippen molar-refractivity contribution in [1.29, 1.82) is 0 Å². The van der Waals surface area contributed by atoms with Gasteiger partial charge in [-0.2, -0.15) is 0 Å². The number of ether oxygens (including phenoxy) is 1. The van der Waals surface area contributed by atoms with Crippen molar-refractivity contribution in [1.82, 2.24) is 0 Å². The number of hydrogen-bond donors (Lipinski definition) is 0. The second-order valence-electron chi connectivity index (χ2n) is 2.40. The molecule has 64 valence electrons. The maximum atomic E-state index is 10.5. The van der Waals surface area contributed by atoms with E-state index in [4.69, 9.17) is 4.74 Å². The summed E-state index contributed by atoms with van der Waals surface area (Å²) in [5.41, 5.74) is 0. The SMILES string of the molecule is CCC(Oc1ccccc1)P=O. The second kappa shape index (κ2) is 4.89. The predicted molar refractivity (Wildman–Crippen MR) is 48.8 cm³/mol. The van der Waals surface area contributed by atoms with Crippen molar-refractivity contribution in [2.75, 3.05) is 0 Å². The van der Waals surface area contributed by atoms with E-state index in [2.05, 4.69) is 0 Å². The molecular weight excluding hydrogens is 171 g/mol. The maximum absolute atomic E-state index is 10.5. The summed E-state index contributed by atoms with van der Waals surface area (Å²) < 4.78 is 15.9. The van der Waals surface area contributed by atoms with Gasteiger partial charge in [-0.05, 0) is 18.6 Å². The van der Waals surface area contributed by atoms with Crippen LogP contribution in [0.3, 0.4) is 0 Å². The number of benzene rings is 1. The van der Waals surface area contributed by atoms with E-state index in [1.807, 2.05) is 37.3 Å². The first kappa shape index (κ1) is 9.21. The zero-order valence-corrected chi connectivity index (χ0v) is 7.83. The molecule has 0 bridgehead atoms. The fourth-order valence-electron chi connectivity index (χ4n) is 0.836. The van der Waals surface area contributed by atoms with Crippen LogP contribution in [0.2, 0.25) is 0 Å². The van der Waals surface area contributed by atoms with Crippen molar-refractivity contribution in [2.45, 2.75) is 19.2 Å². The topological polar surface area (TPSA) is 26.3 Å². The molecule has 1 aromatic rings. The van der Waals surface area contributed by atoms with Gasteiger partial charge in [-0.1, -0.05) is 25.1 Å². The first-order valence-corrected chi connectivity index (χ1v) is 4.79. The molecule has 0 aromatic heterocycles. The molecule has 0 N–H and O–H groups in total. The molecule has 0 fully saturated rings. The van der Waals surface area contributed by atoms with Crippen LogP contribution in [0.25, 0.3) is 0 Å². The Bertz CT molecular complexity index is 236. The van der Waals surface area contributed by atoms with E-state index in [1.165, 1.54) is 0 Å². The highest BCUT2D eigenvalue weighted by Gasteiger charge is 2.05. The van der Waals surface area contributed by atoms with Gasteiger partial charge in [-0.3, -0.25) is 4.57 Å². The zero-order chi connectivity index (χ0) is 8.81. The van der Waals surface area contributed by atoms with Crippen LogP contribution in [-0.2, 0) is 4.57 Å². The van der Waals surface area contributed by atoms with Crippen LogP contribution in [0.4, 0.5) is 0 Å². The molecule has 12 heavy (non-hydrogen) atoms. The highest BCUT2D eigenvalue weighted by atomic mass is 31.1. The van der Waals surface area contributed by atoms with Crippen molar-refractivity contribution >= 4 is 8.46 Å². The molecule has 0 radical (unpaired) electrons. The molecule has 1 rings (SSSR count). The molecule has 3 heteroatoms. The first-order valence-electron chi connectivity index (χ1n) is 3.91. The molecule has 0 amide bonds. The minimum absolute atomic E-state index is 0.0474. The van der Waals surface area contributed by atoms with Gasteiger partial charge in [0.25, 0.3) is 0 Å². The standard InChI is InChI=1S/C9H11O2P/c1-2-9(12-10)11-8-6-4-3-5-7-8/h3-7,9H,2H2,1H3. The lowest BCUT2D eigenvalue weighted by atomic mass is 10.3. The number of hydrogen-bond acceptors (Lipinski definition) is 2. The quantitative estimate of drug-likeness (QED) is 0.669. The van der Waals surface area contributed by atoms with Gasteiger partial charge in [0, 0.05) is 0 Å². The third-order valence-corrected chi connectivity index (χ3v) is 2.19. The highest BCUT2D eigenvalue weighted by Crippen LogP contribution is 2.18. The van der Waals surface area contributed by atoms with Crippen LogP contribution in [0.1, 0.15) is 13.3 Å². The smallest absolute Gasteiger partial charge is 0.200 e. The van der Waals surface area contributed by atoms with Crippen LogP contribution in [0, 0.1) is 0 Å². The summed E-state index contributed by atoms with van der Waals surface area (Å²) in [6.07, 6.45) is 0.750. The number of rotatable bonds is 4. The van der Waals surface area contributed by atoms with E-state index in [9.17, 15) is 4.57 Å². The van der Waals surface area contributed by atoms with Crippen LogP contribution in [-0.4, -0.2) is 5.85 Å². The molecule has 0 aliphatic carbocycles. The molecule has 1 unspecified atom stereocenters. The maximum Gasteiger partial charge on any atom is 0.200 e. The van der Waals surface area contributed by atoms with Crippen LogP contribution in [0.15, 0.2) is 30.3 Å². The van der Waals surface area contributed by atoms with Crippen molar-refractivity contribution in [3.05, 3.63) is 30.3 Å². The fraction of sp³-hybridized carbons (Fsp3) is 0.333. The Morgan fingerprint density at radius 1 is 1.42 bits per heavy atom. The van der Waals surface area contributed by atoms with Crippen LogP contribution in [0.5, 0.6) is 5.75 Å².